The average molecular weight is 1250 g/mol. The van der Waals surface area contributed by atoms with Crippen molar-refractivity contribution in [2.24, 2.45) is 4.99 Å². The Balaban J connectivity index is 1.39. The zero-order valence-electron chi connectivity index (χ0n) is 44.0. The molecule has 6 aromatic rings. The van der Waals surface area contributed by atoms with Crippen LogP contribution in [0.5, 0.6) is 0 Å². The molecule has 0 spiro atoms. The standard InChI is InChI=1S/C53H44N4O22S5/c1-23-11-25(3)48(56-80(66,67)33-15-29(50(58)59)13-30(16-33)51(60)61)27(5)46(23)54-38-21-40-36(19-43(38)83(73,74)75)45(35-9-7-8-10-42(35)82(70,71)72)37-20-44(84(76,77)78)39(22-41(37)79-40)55-47-24(2)12-26(4)49(28(47)6)57-81(68,69)34-17-31(52(62)63)14-32(18-34)53(64)65/h7-22,54,56-57H,1-6H3,(H,58,59)(H,60,61)(H,62,63)(H,64,65)(H,70,71,72)(H,73,74,75)(H,76,77,78)/b55-39+. The van der Waals surface area contributed by atoms with Crippen LogP contribution in [0.3, 0.4) is 0 Å². The summed E-state index contributed by atoms with van der Waals surface area (Å²) in [5.74, 6) is -6.95. The van der Waals surface area contributed by atoms with Gasteiger partial charge in [0.1, 0.15) is 26.0 Å². The normalized spacial score (nSPS) is 12.6. The molecule has 0 aromatic heterocycles. The molecule has 8 rings (SSSR count). The van der Waals surface area contributed by atoms with Gasteiger partial charge in [-0.3, -0.25) is 23.1 Å². The number of aromatic carboxylic acids is 4. The Hall–Kier alpha value is -9.08. The zero-order valence-corrected chi connectivity index (χ0v) is 48.1. The van der Waals surface area contributed by atoms with Crippen molar-refractivity contribution in [3.05, 3.63) is 158 Å². The van der Waals surface area contributed by atoms with Crippen LogP contribution in [0.4, 0.5) is 28.4 Å². The first-order valence-electron chi connectivity index (χ1n) is 23.7. The summed E-state index contributed by atoms with van der Waals surface area (Å²) in [5.41, 5.74) is -4.17. The summed E-state index contributed by atoms with van der Waals surface area (Å²) in [6, 6.07) is 15.4. The minimum absolute atomic E-state index is 0.00523. The monoisotopic (exact) mass is 1250 g/mol. The van der Waals surface area contributed by atoms with Gasteiger partial charge in [-0.2, -0.15) is 25.3 Å². The Bertz CT molecular complexity index is 4840. The van der Waals surface area contributed by atoms with Crippen LogP contribution in [-0.2, 0) is 50.4 Å². The van der Waals surface area contributed by atoms with Gasteiger partial charge in [0.15, 0.2) is 0 Å². The average Bonchev–Trinajstić information content (AvgIpc) is 1.13. The third kappa shape index (κ3) is 11.9. The first-order valence-corrected chi connectivity index (χ1v) is 31.0. The van der Waals surface area contributed by atoms with Gasteiger partial charge in [-0.25, -0.2) is 41.0 Å². The Kier molecular flexibility index (Phi) is 15.7. The molecule has 0 amide bonds. The van der Waals surface area contributed by atoms with Crippen LogP contribution in [-0.4, -0.2) is 100 Å². The molecule has 0 atom stereocenters. The minimum Gasteiger partial charge on any atom is -0.478 e. The number of benzene rings is 7. The summed E-state index contributed by atoms with van der Waals surface area (Å²) in [6.45, 7) is 8.72. The lowest BCUT2D eigenvalue weighted by atomic mass is 9.93. The van der Waals surface area contributed by atoms with Crippen molar-refractivity contribution in [2.45, 2.75) is 66.0 Å². The van der Waals surface area contributed by atoms with Crippen molar-refractivity contribution in [3.63, 3.8) is 0 Å². The fraction of sp³-hybridized carbons (Fsp3) is 0.113. The van der Waals surface area contributed by atoms with Crippen LogP contribution in [0.1, 0.15) is 74.8 Å². The number of nitrogens with zero attached hydrogens (tertiary/aromatic N) is 1. The molecule has 1 heterocycles. The van der Waals surface area contributed by atoms with Crippen LogP contribution in [0.25, 0.3) is 33.4 Å². The predicted octanol–water partition coefficient (Wildman–Crippen LogP) is 8.17. The smallest absolute Gasteiger partial charge is 0.335 e. The summed E-state index contributed by atoms with van der Waals surface area (Å²) in [4.78, 5) is 47.7. The lowest BCUT2D eigenvalue weighted by Gasteiger charge is -2.22. The molecule has 1 aliphatic carbocycles. The van der Waals surface area contributed by atoms with Crippen molar-refractivity contribution in [1.29, 1.82) is 0 Å². The molecule has 84 heavy (non-hydrogen) atoms. The minimum atomic E-state index is -5.44. The summed E-state index contributed by atoms with van der Waals surface area (Å²) in [5, 5.41) is 40.3. The Morgan fingerprint density at radius 2 is 0.905 bits per heavy atom. The number of nitrogens with one attached hydrogen (secondary N) is 3. The van der Waals surface area contributed by atoms with Crippen LogP contribution >= 0.6 is 0 Å². The number of hydrogen-bond acceptors (Lipinski definition) is 17. The highest BCUT2D eigenvalue weighted by Crippen LogP contribution is 2.46. The van der Waals surface area contributed by atoms with Crippen LogP contribution in [0.15, 0.2) is 131 Å². The highest BCUT2D eigenvalue weighted by Gasteiger charge is 2.31. The number of carboxylic acids is 4. The van der Waals surface area contributed by atoms with Crippen LogP contribution < -0.4 is 20.1 Å². The van der Waals surface area contributed by atoms with Crippen LogP contribution in [0.2, 0.25) is 0 Å². The van der Waals surface area contributed by atoms with Crippen molar-refractivity contribution < 1.29 is 99.8 Å². The van der Waals surface area contributed by atoms with Gasteiger partial charge in [-0.05, 0) is 130 Å². The van der Waals surface area contributed by atoms with Gasteiger partial charge in [0.05, 0.1) is 60.2 Å². The first-order chi connectivity index (χ1) is 38.8. The molecule has 438 valence electrons. The molecule has 0 unspecified atom stereocenters. The molecule has 6 aromatic carbocycles. The highest BCUT2D eigenvalue weighted by atomic mass is 32.2. The SMILES string of the molecule is Cc1cc(C)c(NS(=O)(=O)c2cc(C(=O)O)cc(C(=O)O)c2)c(C)c1/N=c1\cc2oc3cc(Nc4c(C)cc(C)c(NS(=O)(=O)c5cc(C(=O)O)cc(C(=O)O)c5)c4C)c(S(=O)(=O)O)cc3c(-c3ccccc3S(=O)(=O)O)c-2cc1S(=O)(=O)O. The fourth-order valence-electron chi connectivity index (χ4n) is 9.41. The third-order valence-electron chi connectivity index (χ3n) is 13.2. The number of carboxylic acid groups (broad SMARTS) is 4. The molecule has 31 heteroatoms. The van der Waals surface area contributed by atoms with E-state index in [1.165, 1.54) is 65.8 Å². The third-order valence-corrected chi connectivity index (χ3v) is 18.5. The Morgan fingerprint density at radius 1 is 0.464 bits per heavy atom. The van der Waals surface area contributed by atoms with E-state index in [0.29, 0.717) is 5.56 Å². The topological polar surface area (TPSA) is 442 Å². The van der Waals surface area contributed by atoms with Crippen molar-refractivity contribution >= 4 is 114 Å². The molecule has 1 aliphatic heterocycles. The maximum atomic E-state index is 13.9. The van der Waals surface area contributed by atoms with E-state index in [9.17, 15) is 95.4 Å². The summed E-state index contributed by atoms with van der Waals surface area (Å²) in [7, 11) is -25.7. The van der Waals surface area contributed by atoms with Gasteiger partial charge in [0.2, 0.25) is 0 Å². The quantitative estimate of drug-likeness (QED) is 0.0303. The van der Waals surface area contributed by atoms with E-state index in [4.69, 9.17) is 4.42 Å². The van der Waals surface area contributed by atoms with Crippen molar-refractivity contribution in [2.75, 3.05) is 14.8 Å². The summed E-state index contributed by atoms with van der Waals surface area (Å²) >= 11 is 0. The predicted molar refractivity (Wildman–Crippen MR) is 300 cm³/mol. The lowest BCUT2D eigenvalue weighted by molar-refractivity contribution is 0.0675. The molecule has 0 saturated heterocycles. The van der Waals surface area contributed by atoms with Crippen molar-refractivity contribution in [1.82, 2.24) is 0 Å². The Morgan fingerprint density at radius 3 is 1.37 bits per heavy atom. The molecule has 0 saturated carbocycles. The van der Waals surface area contributed by atoms with Gasteiger partial charge >= 0.3 is 23.9 Å². The molecule has 26 nitrogen and oxygen atoms in total. The van der Waals surface area contributed by atoms with Gasteiger partial charge in [-0.15, -0.1) is 0 Å². The molecule has 0 radical (unpaired) electrons. The largest absolute Gasteiger partial charge is 0.478 e. The maximum Gasteiger partial charge on any atom is 0.335 e. The van der Waals surface area contributed by atoms with Gasteiger partial charge in [-0.1, -0.05) is 30.3 Å². The molecule has 10 N–H and O–H groups in total. The van der Waals surface area contributed by atoms with Gasteiger partial charge in [0.25, 0.3) is 50.4 Å². The van der Waals surface area contributed by atoms with E-state index in [2.05, 4.69) is 19.8 Å². The van der Waals surface area contributed by atoms with E-state index >= 15 is 0 Å². The number of aryl methyl sites for hydroxylation is 4. The fourth-order valence-corrected chi connectivity index (χ4v) is 13.9. The highest BCUT2D eigenvalue weighted by molar-refractivity contribution is 7.93. The summed E-state index contributed by atoms with van der Waals surface area (Å²) in [6.07, 6.45) is 0. The Labute approximate surface area is 477 Å². The molecule has 2 aliphatic rings. The number of carbonyl (C=O) groups is 4. The lowest BCUT2D eigenvalue weighted by Crippen LogP contribution is -2.18. The second-order valence-corrected chi connectivity index (χ2v) is 26.5. The number of rotatable bonds is 17. The van der Waals surface area contributed by atoms with E-state index in [0.717, 1.165) is 72.8 Å². The number of sulfonamides is 2. The molecule has 0 bridgehead atoms. The second-order valence-electron chi connectivity index (χ2n) is 19.0. The number of fused-ring (bicyclic) bond motifs is 2. The maximum absolute atomic E-state index is 13.9. The summed E-state index contributed by atoms with van der Waals surface area (Å²) < 4.78 is 179. The zero-order chi connectivity index (χ0) is 62.2. The van der Waals surface area contributed by atoms with Crippen LogP contribution in [0, 0.1) is 41.5 Å². The molecular weight excluding hydrogens is 1200 g/mol. The second kappa shape index (κ2) is 21.6. The van der Waals surface area contributed by atoms with Gasteiger partial charge < -0.3 is 30.2 Å². The number of anilines is 4. The van der Waals surface area contributed by atoms with E-state index in [1.807, 2.05) is 0 Å². The first kappa shape index (κ1) is 61.0. The molecular formula is C53H44N4O22S5. The van der Waals surface area contributed by atoms with E-state index in [1.54, 1.807) is 0 Å². The van der Waals surface area contributed by atoms with Crippen molar-refractivity contribution in [3.8, 4) is 22.5 Å². The van der Waals surface area contributed by atoms with E-state index < -0.39 is 149 Å². The van der Waals surface area contributed by atoms with Gasteiger partial charge in [0, 0.05) is 39.9 Å². The molecule has 0 fully saturated rings. The van der Waals surface area contributed by atoms with E-state index in [-0.39, 0.29) is 67.1 Å². The number of hydrogen-bond donors (Lipinski definition) is 10.